The quantitative estimate of drug-likeness (QED) is 0.241. The summed E-state index contributed by atoms with van der Waals surface area (Å²) in [6.07, 6.45) is 5.03. The molecule has 1 heterocycles. The van der Waals surface area contributed by atoms with Gasteiger partial charge in [-0.1, -0.05) is 65.7 Å². The molecule has 0 N–H and O–H groups in total. The number of hydrogen-bond acceptors (Lipinski definition) is 5. The van der Waals surface area contributed by atoms with Crippen LogP contribution in [0.15, 0.2) is 89.3 Å². The summed E-state index contributed by atoms with van der Waals surface area (Å²) in [6.45, 7) is 3.31. The topological polar surface area (TPSA) is 55.8 Å². The lowest BCUT2D eigenvalue weighted by Crippen LogP contribution is -2.40. The van der Waals surface area contributed by atoms with Gasteiger partial charge >= 0.3 is 0 Å². The largest absolute Gasteiger partial charge is 0.490 e. The van der Waals surface area contributed by atoms with Gasteiger partial charge in [-0.15, -0.1) is 0 Å². The van der Waals surface area contributed by atoms with Crippen LogP contribution in [0, 0.1) is 0 Å². The summed E-state index contributed by atoms with van der Waals surface area (Å²) < 4.78 is 12.2. The van der Waals surface area contributed by atoms with Crippen LogP contribution in [0.3, 0.4) is 0 Å². The molecule has 0 bridgehead atoms. The van der Waals surface area contributed by atoms with Crippen LogP contribution in [0.4, 0.5) is 0 Å². The van der Waals surface area contributed by atoms with Gasteiger partial charge in [0.15, 0.2) is 23.1 Å². The number of rotatable bonds is 9. The molecular weight excluding hydrogens is 581 g/mol. The minimum absolute atomic E-state index is 0.108. The summed E-state index contributed by atoms with van der Waals surface area (Å²) in [4.78, 5) is 29.8. The Morgan fingerprint density at radius 1 is 0.791 bits per heavy atom. The van der Waals surface area contributed by atoms with Gasteiger partial charge in [0.2, 0.25) is 0 Å². The van der Waals surface area contributed by atoms with Crippen molar-refractivity contribution in [3.8, 4) is 11.5 Å². The van der Waals surface area contributed by atoms with Crippen molar-refractivity contribution in [2.75, 3.05) is 13.2 Å². The van der Waals surface area contributed by atoms with Crippen molar-refractivity contribution >= 4 is 34.8 Å². The lowest BCUT2D eigenvalue weighted by Gasteiger charge is -2.44. The Labute approximate surface area is 263 Å². The van der Waals surface area contributed by atoms with Gasteiger partial charge < -0.3 is 14.4 Å². The van der Waals surface area contributed by atoms with E-state index in [2.05, 4.69) is 17.0 Å². The summed E-state index contributed by atoms with van der Waals surface area (Å²) in [7, 11) is 0. The Kier molecular flexibility index (Phi) is 8.92. The molecule has 3 aromatic rings. The molecule has 2 aliphatic carbocycles. The van der Waals surface area contributed by atoms with E-state index in [1.807, 2.05) is 61.5 Å². The van der Waals surface area contributed by atoms with Crippen LogP contribution in [0.2, 0.25) is 10.0 Å². The van der Waals surface area contributed by atoms with Crippen molar-refractivity contribution in [2.45, 2.75) is 64.4 Å². The van der Waals surface area contributed by atoms with E-state index < -0.39 is 5.92 Å². The predicted molar refractivity (Wildman–Crippen MR) is 170 cm³/mol. The highest BCUT2D eigenvalue weighted by Gasteiger charge is 2.43. The van der Waals surface area contributed by atoms with Crippen molar-refractivity contribution in [1.29, 1.82) is 0 Å². The zero-order valence-electron chi connectivity index (χ0n) is 24.3. The Balaban J connectivity index is 1.42. The first-order chi connectivity index (χ1) is 20.9. The standard InChI is InChI=1S/C36H35Cl2NO4/c1-2-42-32-21-25(20-27(38)36(32)43-22-24-11-6-12-26(37)19-24)33-34-28(13-7-15-30(34)40)39(18-17-23-9-4-3-5-10-23)29-14-8-16-31(41)35(29)33/h3-6,9-12,19-21,33H,2,7-8,13-18,22H2,1H3. The van der Waals surface area contributed by atoms with E-state index in [-0.39, 0.29) is 18.2 Å². The highest BCUT2D eigenvalue weighted by molar-refractivity contribution is 6.32. The van der Waals surface area contributed by atoms with Gasteiger partial charge in [0.1, 0.15) is 6.61 Å². The summed E-state index contributed by atoms with van der Waals surface area (Å²) >= 11 is 13.1. The second-order valence-electron chi connectivity index (χ2n) is 11.3. The van der Waals surface area contributed by atoms with E-state index in [4.69, 9.17) is 32.7 Å². The van der Waals surface area contributed by atoms with Gasteiger partial charge in [-0.2, -0.15) is 0 Å². The highest BCUT2D eigenvalue weighted by Crippen LogP contribution is 2.51. The average Bonchev–Trinajstić information content (AvgIpc) is 3.00. The number of carbonyl (C=O) groups excluding carboxylic acids is 2. The minimum Gasteiger partial charge on any atom is -0.490 e. The van der Waals surface area contributed by atoms with Crippen LogP contribution in [0.5, 0.6) is 11.5 Å². The zero-order valence-corrected chi connectivity index (χ0v) is 25.8. The number of Topliss-reactive ketones (excluding diaryl/α,β-unsaturated/α-hetero) is 2. The van der Waals surface area contributed by atoms with Crippen LogP contribution in [0.1, 0.15) is 68.1 Å². The molecule has 7 heteroatoms. The van der Waals surface area contributed by atoms with Gasteiger partial charge in [-0.25, -0.2) is 0 Å². The summed E-state index contributed by atoms with van der Waals surface area (Å²) in [5, 5.41) is 1.01. The zero-order chi connectivity index (χ0) is 29.9. The third-order valence-corrected chi connectivity index (χ3v) is 9.01. The molecule has 0 spiro atoms. The number of allylic oxidation sites excluding steroid dienone is 4. The van der Waals surface area contributed by atoms with E-state index in [9.17, 15) is 9.59 Å². The maximum Gasteiger partial charge on any atom is 0.180 e. The molecule has 6 rings (SSSR count). The highest BCUT2D eigenvalue weighted by atomic mass is 35.5. The molecule has 0 amide bonds. The number of benzene rings is 3. The fraction of sp³-hybridized carbons (Fsp3) is 0.333. The Morgan fingerprint density at radius 2 is 1.47 bits per heavy atom. The Morgan fingerprint density at radius 3 is 2.12 bits per heavy atom. The summed E-state index contributed by atoms with van der Waals surface area (Å²) in [5.74, 6) is 0.667. The van der Waals surface area contributed by atoms with E-state index in [1.165, 1.54) is 5.56 Å². The fourth-order valence-electron chi connectivity index (χ4n) is 6.65. The monoisotopic (exact) mass is 615 g/mol. The van der Waals surface area contributed by atoms with E-state index in [0.29, 0.717) is 41.0 Å². The number of hydrogen-bond donors (Lipinski definition) is 0. The van der Waals surface area contributed by atoms with Crippen LogP contribution in [0.25, 0.3) is 0 Å². The molecule has 43 heavy (non-hydrogen) atoms. The van der Waals surface area contributed by atoms with Gasteiger partial charge in [-0.3, -0.25) is 9.59 Å². The van der Waals surface area contributed by atoms with Crippen LogP contribution >= 0.6 is 23.2 Å². The first-order valence-corrected chi connectivity index (χ1v) is 15.9. The molecule has 1 aliphatic heterocycles. The summed E-state index contributed by atoms with van der Waals surface area (Å²) in [6, 6.07) is 21.6. The molecule has 0 saturated carbocycles. The maximum absolute atomic E-state index is 13.7. The van der Waals surface area contributed by atoms with E-state index in [0.717, 1.165) is 72.3 Å². The molecule has 222 valence electrons. The Hall–Kier alpha value is -3.54. The van der Waals surface area contributed by atoms with Crippen LogP contribution < -0.4 is 9.47 Å². The smallest absolute Gasteiger partial charge is 0.180 e. The number of ketones is 2. The van der Waals surface area contributed by atoms with Crippen molar-refractivity contribution in [3.05, 3.63) is 116 Å². The van der Waals surface area contributed by atoms with Crippen molar-refractivity contribution in [3.63, 3.8) is 0 Å². The number of carbonyl (C=O) groups is 2. The molecule has 0 saturated heterocycles. The number of ether oxygens (including phenoxy) is 2. The second-order valence-corrected chi connectivity index (χ2v) is 12.1. The SMILES string of the molecule is CCOc1cc(C2C3=C(CCCC3=O)N(CCc3ccccc3)C3=C2C(=O)CCC3)cc(Cl)c1OCc1cccc(Cl)c1. The van der Waals surface area contributed by atoms with E-state index >= 15 is 0 Å². The molecular formula is C36H35Cl2NO4. The number of nitrogens with zero attached hydrogens (tertiary/aromatic N) is 1. The lowest BCUT2D eigenvalue weighted by atomic mass is 9.71. The first-order valence-electron chi connectivity index (χ1n) is 15.1. The molecule has 0 aromatic heterocycles. The van der Waals surface area contributed by atoms with Gasteiger partial charge in [0, 0.05) is 52.9 Å². The van der Waals surface area contributed by atoms with Gasteiger partial charge in [-0.05, 0) is 80.0 Å². The summed E-state index contributed by atoms with van der Waals surface area (Å²) in [5.41, 5.74) is 6.51. The number of halogens is 2. The molecule has 3 aliphatic rings. The lowest BCUT2D eigenvalue weighted by molar-refractivity contribution is -0.117. The second kappa shape index (κ2) is 13.0. The first kappa shape index (κ1) is 29.5. The molecule has 3 aromatic carbocycles. The van der Waals surface area contributed by atoms with Gasteiger partial charge in [0.25, 0.3) is 0 Å². The van der Waals surface area contributed by atoms with E-state index in [1.54, 1.807) is 0 Å². The Bertz CT molecular complexity index is 1570. The van der Waals surface area contributed by atoms with Crippen molar-refractivity contribution in [2.24, 2.45) is 0 Å². The molecule has 0 radical (unpaired) electrons. The van der Waals surface area contributed by atoms with Crippen molar-refractivity contribution < 1.29 is 19.1 Å². The predicted octanol–water partition coefficient (Wildman–Crippen LogP) is 8.63. The van der Waals surface area contributed by atoms with Crippen molar-refractivity contribution in [1.82, 2.24) is 4.90 Å². The molecule has 0 atom stereocenters. The average molecular weight is 617 g/mol. The fourth-order valence-corrected chi connectivity index (χ4v) is 7.13. The minimum atomic E-state index is -0.475. The maximum atomic E-state index is 13.7. The molecule has 5 nitrogen and oxygen atoms in total. The normalized spacial score (nSPS) is 17.2. The van der Waals surface area contributed by atoms with Crippen LogP contribution in [-0.4, -0.2) is 29.6 Å². The third-order valence-electron chi connectivity index (χ3n) is 8.49. The third kappa shape index (κ3) is 6.11. The molecule has 0 unspecified atom stereocenters. The molecule has 0 fully saturated rings. The van der Waals surface area contributed by atoms with Gasteiger partial charge in [0.05, 0.1) is 11.6 Å². The van der Waals surface area contributed by atoms with Crippen LogP contribution in [-0.2, 0) is 22.6 Å².